The lowest BCUT2D eigenvalue weighted by atomic mass is 10.1. The minimum atomic E-state index is -0.248. The Bertz CT molecular complexity index is 1130. The quantitative estimate of drug-likeness (QED) is 0.560. The van der Waals surface area contributed by atoms with Crippen molar-refractivity contribution in [2.45, 2.75) is 19.5 Å². The molecule has 0 aliphatic carbocycles. The minimum Gasteiger partial charge on any atom is -0.348 e. The van der Waals surface area contributed by atoms with Crippen molar-refractivity contribution in [3.63, 3.8) is 0 Å². The number of hydrogen-bond donors (Lipinski definition) is 1. The molecule has 0 aliphatic rings. The molecule has 0 saturated heterocycles. The normalized spacial score (nSPS) is 12.2. The summed E-state index contributed by atoms with van der Waals surface area (Å²) in [6, 6.07) is 7.46. The van der Waals surface area contributed by atoms with E-state index in [1.54, 1.807) is 23.7 Å². The van der Waals surface area contributed by atoms with Crippen LogP contribution < -0.4 is 10.9 Å². The van der Waals surface area contributed by atoms with Gasteiger partial charge in [-0.2, -0.15) is 0 Å². The van der Waals surface area contributed by atoms with E-state index in [1.807, 2.05) is 41.9 Å². The molecule has 4 rings (SSSR count). The molecule has 1 amide bonds. The van der Waals surface area contributed by atoms with Gasteiger partial charge in [0, 0.05) is 28.2 Å². The molecule has 1 N–H and O–H groups in total. The summed E-state index contributed by atoms with van der Waals surface area (Å²) in [5.74, 6) is -0.248. The van der Waals surface area contributed by atoms with Crippen molar-refractivity contribution in [2.75, 3.05) is 0 Å². The van der Waals surface area contributed by atoms with Gasteiger partial charge in [-0.15, -0.1) is 22.7 Å². The van der Waals surface area contributed by atoms with Crippen LogP contribution in [-0.4, -0.2) is 20.4 Å². The van der Waals surface area contributed by atoms with Gasteiger partial charge in [-0.25, -0.2) is 4.98 Å². The van der Waals surface area contributed by atoms with Gasteiger partial charge in [-0.1, -0.05) is 12.1 Å². The summed E-state index contributed by atoms with van der Waals surface area (Å²) in [5, 5.41) is 7.38. The summed E-state index contributed by atoms with van der Waals surface area (Å²) in [4.78, 5) is 35.5. The fourth-order valence-corrected chi connectivity index (χ4v) is 4.57. The number of carbonyl (C=O) groups is 1. The summed E-state index contributed by atoms with van der Waals surface area (Å²) < 4.78 is 1.36. The zero-order chi connectivity index (χ0) is 18.8. The molecule has 4 heterocycles. The maximum absolute atomic E-state index is 12.9. The van der Waals surface area contributed by atoms with Crippen LogP contribution in [0.4, 0.5) is 0 Å². The van der Waals surface area contributed by atoms with Crippen LogP contribution in [0.3, 0.4) is 0 Å². The minimum absolute atomic E-state index is 0.0773. The van der Waals surface area contributed by atoms with Crippen LogP contribution in [0.15, 0.2) is 58.5 Å². The Morgan fingerprint density at radius 1 is 1.30 bits per heavy atom. The Morgan fingerprint density at radius 2 is 2.19 bits per heavy atom. The van der Waals surface area contributed by atoms with Crippen molar-refractivity contribution in [3.05, 3.63) is 69.7 Å². The van der Waals surface area contributed by atoms with E-state index < -0.39 is 0 Å². The predicted octanol–water partition coefficient (Wildman–Crippen LogP) is 3.46. The summed E-state index contributed by atoms with van der Waals surface area (Å²) in [5.41, 5.74) is 1.58. The van der Waals surface area contributed by atoms with Crippen LogP contribution >= 0.6 is 22.7 Å². The Hall–Kier alpha value is -2.84. The van der Waals surface area contributed by atoms with E-state index in [0.717, 1.165) is 16.0 Å². The summed E-state index contributed by atoms with van der Waals surface area (Å²) in [6.07, 6.45) is 4.83. The SMILES string of the molecule is CC(NC(=O)Cn1cnc2scc(-c3cccs3)c2c1=O)c1cccnc1. The first kappa shape index (κ1) is 17.6. The molecule has 0 radical (unpaired) electrons. The topological polar surface area (TPSA) is 76.9 Å². The average molecular weight is 396 g/mol. The molecule has 0 bridgehead atoms. The van der Waals surface area contributed by atoms with Gasteiger partial charge in [0.05, 0.1) is 17.8 Å². The molecular weight excluding hydrogens is 380 g/mol. The lowest BCUT2D eigenvalue weighted by Gasteiger charge is -2.14. The third-order valence-corrected chi connectivity index (χ3v) is 6.01. The third-order valence-electron chi connectivity index (χ3n) is 4.22. The molecule has 8 heteroatoms. The van der Waals surface area contributed by atoms with E-state index in [4.69, 9.17) is 0 Å². The smallest absolute Gasteiger partial charge is 0.263 e. The van der Waals surface area contributed by atoms with Gasteiger partial charge >= 0.3 is 0 Å². The molecule has 6 nitrogen and oxygen atoms in total. The van der Waals surface area contributed by atoms with E-state index in [1.165, 1.54) is 22.2 Å². The molecule has 1 atom stereocenters. The Morgan fingerprint density at radius 3 is 2.93 bits per heavy atom. The van der Waals surface area contributed by atoms with Gasteiger partial charge < -0.3 is 5.32 Å². The summed E-state index contributed by atoms with van der Waals surface area (Å²) in [6.45, 7) is 1.80. The number of fused-ring (bicyclic) bond motifs is 1. The number of amides is 1. The van der Waals surface area contributed by atoms with Gasteiger partial charge in [0.2, 0.25) is 5.91 Å². The van der Waals surface area contributed by atoms with Crippen LogP contribution in [0.25, 0.3) is 20.7 Å². The first-order valence-corrected chi connectivity index (χ1v) is 10.1. The number of thiophene rings is 2. The lowest BCUT2D eigenvalue weighted by Crippen LogP contribution is -2.33. The van der Waals surface area contributed by atoms with Gasteiger partial charge in [0.15, 0.2) is 0 Å². The number of nitrogens with zero attached hydrogens (tertiary/aromatic N) is 3. The van der Waals surface area contributed by atoms with Gasteiger partial charge in [-0.3, -0.25) is 19.1 Å². The predicted molar refractivity (Wildman–Crippen MR) is 108 cm³/mol. The van der Waals surface area contributed by atoms with Crippen LogP contribution in [0.1, 0.15) is 18.5 Å². The van der Waals surface area contributed by atoms with Crippen molar-refractivity contribution in [3.8, 4) is 10.4 Å². The highest BCUT2D eigenvalue weighted by atomic mass is 32.1. The fraction of sp³-hybridized carbons (Fsp3) is 0.158. The molecule has 27 heavy (non-hydrogen) atoms. The Balaban J connectivity index is 1.59. The number of pyridine rings is 1. The van der Waals surface area contributed by atoms with Crippen LogP contribution in [0.5, 0.6) is 0 Å². The molecule has 136 valence electrons. The standard InChI is InChI=1S/C19H16N4O2S2/c1-12(13-4-2-6-20-8-13)22-16(24)9-23-11-21-18-17(19(23)25)14(10-27-18)15-5-3-7-26-15/h2-8,10-12H,9H2,1H3,(H,22,24). The number of rotatable bonds is 5. The zero-order valence-electron chi connectivity index (χ0n) is 14.5. The van der Waals surface area contributed by atoms with Gasteiger partial charge in [0.1, 0.15) is 11.4 Å². The van der Waals surface area contributed by atoms with Crippen LogP contribution in [0.2, 0.25) is 0 Å². The summed E-state index contributed by atoms with van der Waals surface area (Å²) >= 11 is 3.01. The van der Waals surface area contributed by atoms with E-state index in [0.29, 0.717) is 10.2 Å². The Labute approximate surface area is 163 Å². The lowest BCUT2D eigenvalue weighted by molar-refractivity contribution is -0.122. The highest BCUT2D eigenvalue weighted by molar-refractivity contribution is 7.18. The van der Waals surface area contributed by atoms with Gasteiger partial charge in [-0.05, 0) is 30.0 Å². The molecule has 0 aromatic carbocycles. The second kappa shape index (κ2) is 7.42. The molecule has 0 saturated carbocycles. The number of nitrogens with one attached hydrogen (secondary N) is 1. The highest BCUT2D eigenvalue weighted by Gasteiger charge is 2.16. The van der Waals surface area contributed by atoms with E-state index in [2.05, 4.69) is 15.3 Å². The zero-order valence-corrected chi connectivity index (χ0v) is 16.1. The van der Waals surface area contributed by atoms with Crippen molar-refractivity contribution >= 4 is 38.8 Å². The molecule has 0 fully saturated rings. The monoisotopic (exact) mass is 396 g/mol. The number of carbonyl (C=O) groups excluding carboxylic acids is 1. The molecule has 4 aromatic heterocycles. The molecule has 4 aromatic rings. The van der Waals surface area contributed by atoms with E-state index >= 15 is 0 Å². The average Bonchev–Trinajstić information content (AvgIpc) is 3.34. The molecule has 0 spiro atoms. The third kappa shape index (κ3) is 3.54. The fourth-order valence-electron chi connectivity index (χ4n) is 2.85. The van der Waals surface area contributed by atoms with Crippen LogP contribution in [-0.2, 0) is 11.3 Å². The number of aromatic nitrogens is 3. The van der Waals surface area contributed by atoms with Gasteiger partial charge in [0.25, 0.3) is 5.56 Å². The van der Waals surface area contributed by atoms with Crippen molar-refractivity contribution in [2.24, 2.45) is 0 Å². The first-order valence-electron chi connectivity index (χ1n) is 8.33. The van der Waals surface area contributed by atoms with Crippen LogP contribution in [0, 0.1) is 0 Å². The molecule has 1 unspecified atom stereocenters. The Kier molecular flexibility index (Phi) is 4.83. The van der Waals surface area contributed by atoms with E-state index in [-0.39, 0.29) is 24.1 Å². The molecular formula is C19H16N4O2S2. The number of hydrogen-bond acceptors (Lipinski definition) is 6. The largest absolute Gasteiger partial charge is 0.348 e. The first-order chi connectivity index (χ1) is 13.1. The maximum Gasteiger partial charge on any atom is 0.263 e. The highest BCUT2D eigenvalue weighted by Crippen LogP contribution is 2.33. The molecule has 0 aliphatic heterocycles. The second-order valence-electron chi connectivity index (χ2n) is 6.06. The second-order valence-corrected chi connectivity index (χ2v) is 7.87. The maximum atomic E-state index is 12.9. The van der Waals surface area contributed by atoms with Crippen molar-refractivity contribution < 1.29 is 4.79 Å². The van der Waals surface area contributed by atoms with Crippen molar-refractivity contribution in [1.82, 2.24) is 19.9 Å². The van der Waals surface area contributed by atoms with Crippen molar-refractivity contribution in [1.29, 1.82) is 0 Å². The summed E-state index contributed by atoms with van der Waals surface area (Å²) in [7, 11) is 0. The van der Waals surface area contributed by atoms with E-state index in [9.17, 15) is 9.59 Å².